The zero-order valence-electron chi connectivity index (χ0n) is 21.6. The molecular formula is C29H38N4O4. The SMILES string of the molecule is O=C(COc1ccc(C2CCCCC2)cc1)N1CCN(c2ccc([N+](=O)[O-])c(N3CCCCC3)c2)CC1. The Morgan fingerprint density at radius 3 is 2.19 bits per heavy atom. The summed E-state index contributed by atoms with van der Waals surface area (Å²) in [7, 11) is 0. The lowest BCUT2D eigenvalue weighted by Gasteiger charge is -2.36. The van der Waals surface area contributed by atoms with Gasteiger partial charge in [-0.2, -0.15) is 0 Å². The fourth-order valence-corrected chi connectivity index (χ4v) is 5.97. The maximum atomic E-state index is 12.8. The molecule has 1 aliphatic carbocycles. The van der Waals surface area contributed by atoms with E-state index in [0.717, 1.165) is 37.4 Å². The van der Waals surface area contributed by atoms with E-state index in [0.29, 0.717) is 37.8 Å². The monoisotopic (exact) mass is 506 g/mol. The smallest absolute Gasteiger partial charge is 0.292 e. The fourth-order valence-electron chi connectivity index (χ4n) is 5.97. The number of rotatable bonds is 7. The van der Waals surface area contributed by atoms with Crippen LogP contribution < -0.4 is 14.5 Å². The molecular weight excluding hydrogens is 468 g/mol. The largest absolute Gasteiger partial charge is 0.484 e. The molecule has 0 bridgehead atoms. The van der Waals surface area contributed by atoms with E-state index in [4.69, 9.17) is 4.74 Å². The van der Waals surface area contributed by atoms with Crippen LogP contribution in [-0.2, 0) is 4.79 Å². The van der Waals surface area contributed by atoms with E-state index in [2.05, 4.69) is 21.9 Å². The van der Waals surface area contributed by atoms with Crippen molar-refractivity contribution < 1.29 is 14.5 Å². The molecule has 2 aromatic rings. The topological polar surface area (TPSA) is 79.2 Å². The molecule has 0 N–H and O–H groups in total. The molecule has 0 spiro atoms. The molecule has 0 atom stereocenters. The third kappa shape index (κ3) is 6.17. The van der Waals surface area contributed by atoms with Crippen LogP contribution in [0.25, 0.3) is 0 Å². The number of carbonyl (C=O) groups excluding carboxylic acids is 1. The van der Waals surface area contributed by atoms with Gasteiger partial charge in [-0.3, -0.25) is 14.9 Å². The lowest BCUT2D eigenvalue weighted by Crippen LogP contribution is -2.50. The summed E-state index contributed by atoms with van der Waals surface area (Å²) in [5, 5.41) is 11.6. The van der Waals surface area contributed by atoms with E-state index in [1.54, 1.807) is 6.07 Å². The van der Waals surface area contributed by atoms with E-state index in [1.165, 1.54) is 44.1 Å². The highest BCUT2D eigenvalue weighted by Gasteiger charge is 2.26. The predicted molar refractivity (Wildman–Crippen MR) is 146 cm³/mol. The van der Waals surface area contributed by atoms with Crippen LogP contribution in [0.15, 0.2) is 42.5 Å². The van der Waals surface area contributed by atoms with E-state index in [1.807, 2.05) is 29.2 Å². The summed E-state index contributed by atoms with van der Waals surface area (Å²) >= 11 is 0. The van der Waals surface area contributed by atoms with Crippen molar-refractivity contribution in [2.45, 2.75) is 57.3 Å². The summed E-state index contributed by atoms with van der Waals surface area (Å²) in [6, 6.07) is 13.7. The number of nitrogens with zero attached hydrogens (tertiary/aromatic N) is 4. The summed E-state index contributed by atoms with van der Waals surface area (Å²) in [4.78, 5) is 30.4. The standard InChI is InChI=1S/C29H38N4O4/c34-29(22-37-26-12-9-24(10-13-26)23-7-3-1-4-8-23)32-19-17-30(18-20-32)25-11-14-27(33(35)36)28(21-25)31-15-5-2-6-16-31/h9-14,21,23H,1-8,15-20,22H2. The van der Waals surface area contributed by atoms with Gasteiger partial charge >= 0.3 is 0 Å². The molecule has 3 aliphatic rings. The molecule has 2 saturated heterocycles. The fraction of sp³-hybridized carbons (Fsp3) is 0.552. The van der Waals surface area contributed by atoms with Gasteiger partial charge in [-0.05, 0) is 67.9 Å². The number of piperazine rings is 1. The molecule has 198 valence electrons. The van der Waals surface area contributed by atoms with Gasteiger partial charge in [0.05, 0.1) is 4.92 Å². The molecule has 3 fully saturated rings. The van der Waals surface area contributed by atoms with Gasteiger partial charge in [0, 0.05) is 51.0 Å². The maximum absolute atomic E-state index is 12.8. The number of hydrogen-bond acceptors (Lipinski definition) is 6. The van der Waals surface area contributed by atoms with E-state index in [9.17, 15) is 14.9 Å². The number of benzene rings is 2. The average Bonchev–Trinajstić information content (AvgIpc) is 2.97. The zero-order chi connectivity index (χ0) is 25.6. The minimum absolute atomic E-state index is 0.00582. The first-order valence-corrected chi connectivity index (χ1v) is 13.9. The van der Waals surface area contributed by atoms with Crippen LogP contribution in [0, 0.1) is 10.1 Å². The highest BCUT2D eigenvalue weighted by atomic mass is 16.6. The zero-order valence-corrected chi connectivity index (χ0v) is 21.6. The number of piperidine rings is 1. The number of hydrogen-bond donors (Lipinski definition) is 0. The van der Waals surface area contributed by atoms with Crippen LogP contribution in [0.2, 0.25) is 0 Å². The Labute approximate surface area is 219 Å². The number of ether oxygens (including phenoxy) is 1. The van der Waals surface area contributed by atoms with Crippen molar-refractivity contribution in [3.8, 4) is 5.75 Å². The van der Waals surface area contributed by atoms with Crippen molar-refractivity contribution >= 4 is 23.0 Å². The molecule has 0 radical (unpaired) electrons. The quantitative estimate of drug-likeness (QED) is 0.372. The molecule has 8 nitrogen and oxygen atoms in total. The Hall–Kier alpha value is -3.29. The van der Waals surface area contributed by atoms with Crippen LogP contribution in [0.4, 0.5) is 17.1 Å². The molecule has 0 unspecified atom stereocenters. The number of anilines is 2. The Bertz CT molecular complexity index is 1070. The summed E-state index contributed by atoms with van der Waals surface area (Å²) in [6.45, 7) is 4.36. The number of carbonyl (C=O) groups is 1. The molecule has 8 heteroatoms. The third-order valence-corrected chi connectivity index (χ3v) is 8.17. The normalized spacial score (nSPS) is 19.1. The second kappa shape index (κ2) is 11.8. The van der Waals surface area contributed by atoms with Crippen molar-refractivity contribution in [3.05, 3.63) is 58.1 Å². The van der Waals surface area contributed by atoms with E-state index < -0.39 is 0 Å². The van der Waals surface area contributed by atoms with Crippen molar-refractivity contribution in [2.75, 3.05) is 55.7 Å². The van der Waals surface area contributed by atoms with Crippen molar-refractivity contribution in [1.29, 1.82) is 0 Å². The number of nitro benzene ring substituents is 1. The molecule has 1 amide bonds. The first-order chi connectivity index (χ1) is 18.1. The van der Waals surface area contributed by atoms with Crippen LogP contribution in [0.5, 0.6) is 5.75 Å². The van der Waals surface area contributed by atoms with Crippen LogP contribution in [0.1, 0.15) is 62.8 Å². The minimum Gasteiger partial charge on any atom is -0.484 e. The maximum Gasteiger partial charge on any atom is 0.292 e. The Morgan fingerprint density at radius 2 is 1.51 bits per heavy atom. The minimum atomic E-state index is -0.284. The summed E-state index contributed by atoms with van der Waals surface area (Å²) in [5.74, 6) is 1.39. The van der Waals surface area contributed by atoms with Crippen LogP contribution >= 0.6 is 0 Å². The first-order valence-electron chi connectivity index (χ1n) is 13.9. The molecule has 2 heterocycles. The van der Waals surface area contributed by atoms with Crippen molar-refractivity contribution in [2.24, 2.45) is 0 Å². The molecule has 5 rings (SSSR count). The highest BCUT2D eigenvalue weighted by Crippen LogP contribution is 2.35. The Balaban J connectivity index is 1.13. The van der Waals surface area contributed by atoms with Gasteiger partial charge in [-0.25, -0.2) is 0 Å². The van der Waals surface area contributed by atoms with Crippen LogP contribution in [0.3, 0.4) is 0 Å². The molecule has 1 saturated carbocycles. The number of nitro groups is 1. The Morgan fingerprint density at radius 1 is 0.838 bits per heavy atom. The van der Waals surface area contributed by atoms with Gasteiger partial charge < -0.3 is 19.4 Å². The van der Waals surface area contributed by atoms with Gasteiger partial charge in [0.1, 0.15) is 11.4 Å². The van der Waals surface area contributed by atoms with Gasteiger partial charge in [0.2, 0.25) is 0 Å². The lowest BCUT2D eigenvalue weighted by molar-refractivity contribution is -0.384. The summed E-state index contributed by atoms with van der Waals surface area (Å²) < 4.78 is 5.82. The van der Waals surface area contributed by atoms with E-state index >= 15 is 0 Å². The average molecular weight is 507 g/mol. The summed E-state index contributed by atoms with van der Waals surface area (Å²) in [6.07, 6.45) is 9.82. The molecule has 37 heavy (non-hydrogen) atoms. The second-order valence-corrected chi connectivity index (χ2v) is 10.5. The van der Waals surface area contributed by atoms with E-state index in [-0.39, 0.29) is 23.1 Å². The summed E-state index contributed by atoms with van der Waals surface area (Å²) in [5.41, 5.74) is 3.24. The molecule has 0 aromatic heterocycles. The number of amides is 1. The van der Waals surface area contributed by atoms with Crippen molar-refractivity contribution in [1.82, 2.24) is 4.90 Å². The Kier molecular flexibility index (Phi) is 8.12. The molecule has 2 aliphatic heterocycles. The highest BCUT2D eigenvalue weighted by molar-refractivity contribution is 5.78. The third-order valence-electron chi connectivity index (χ3n) is 8.17. The predicted octanol–water partition coefficient (Wildman–Crippen LogP) is 5.36. The molecule has 2 aromatic carbocycles. The van der Waals surface area contributed by atoms with Gasteiger partial charge in [-0.1, -0.05) is 31.4 Å². The first kappa shape index (κ1) is 25.4. The van der Waals surface area contributed by atoms with Crippen LogP contribution in [-0.4, -0.2) is 61.6 Å². The van der Waals surface area contributed by atoms with Gasteiger partial charge in [0.25, 0.3) is 11.6 Å². The van der Waals surface area contributed by atoms with Gasteiger partial charge in [0.15, 0.2) is 6.61 Å². The second-order valence-electron chi connectivity index (χ2n) is 10.5. The lowest BCUT2D eigenvalue weighted by atomic mass is 9.84. The van der Waals surface area contributed by atoms with Gasteiger partial charge in [-0.15, -0.1) is 0 Å². The van der Waals surface area contributed by atoms with Crippen molar-refractivity contribution in [3.63, 3.8) is 0 Å².